The quantitative estimate of drug-likeness (QED) is 0.405. The topological polar surface area (TPSA) is 82.3 Å². The summed E-state index contributed by atoms with van der Waals surface area (Å²) in [7, 11) is 0. The number of aryl methyl sites for hydroxylation is 2. The van der Waals surface area contributed by atoms with Crippen LogP contribution in [0.2, 0.25) is 0 Å². The van der Waals surface area contributed by atoms with Crippen LogP contribution in [0.5, 0.6) is 0 Å². The molecule has 1 aliphatic rings. The van der Waals surface area contributed by atoms with E-state index >= 15 is 0 Å². The standard InChI is InChI=1S/C23H24N2O4/c1-3-4-5-15-6-8-17(9-7-15)20(26)13-28-23(27)18-12-19(16-10-11-16)24-22-21(18)14(2)25-29-22/h6-9,12,16H,3-5,10-11,13H2,1-2H3. The molecular formula is C23H24N2O4. The van der Waals surface area contributed by atoms with Crippen LogP contribution in [-0.2, 0) is 11.2 Å². The first-order valence-electron chi connectivity index (χ1n) is 10.1. The van der Waals surface area contributed by atoms with Gasteiger partial charge in [-0.15, -0.1) is 0 Å². The molecule has 150 valence electrons. The first kappa shape index (κ1) is 19.3. The smallest absolute Gasteiger partial charge is 0.339 e. The second kappa shape index (κ2) is 8.15. The van der Waals surface area contributed by atoms with Crippen molar-refractivity contribution in [2.75, 3.05) is 6.61 Å². The third-order valence-electron chi connectivity index (χ3n) is 5.28. The number of ketones is 1. The summed E-state index contributed by atoms with van der Waals surface area (Å²) in [5, 5.41) is 4.47. The molecule has 2 aromatic heterocycles. The fraction of sp³-hybridized carbons (Fsp3) is 0.391. The van der Waals surface area contributed by atoms with Crippen molar-refractivity contribution in [2.24, 2.45) is 0 Å². The minimum Gasteiger partial charge on any atom is -0.454 e. The molecule has 0 radical (unpaired) electrons. The van der Waals surface area contributed by atoms with Crippen molar-refractivity contribution in [3.8, 4) is 0 Å². The third kappa shape index (κ3) is 4.21. The molecular weight excluding hydrogens is 368 g/mol. The Morgan fingerprint density at radius 1 is 1.21 bits per heavy atom. The molecule has 0 aliphatic heterocycles. The summed E-state index contributed by atoms with van der Waals surface area (Å²) >= 11 is 0. The molecule has 0 N–H and O–H groups in total. The van der Waals surface area contributed by atoms with Crippen molar-refractivity contribution in [2.45, 2.75) is 51.9 Å². The average Bonchev–Trinajstić information content (AvgIpc) is 3.53. The zero-order valence-electron chi connectivity index (χ0n) is 16.7. The van der Waals surface area contributed by atoms with Gasteiger partial charge in [0.05, 0.1) is 16.6 Å². The zero-order chi connectivity index (χ0) is 20.4. The van der Waals surface area contributed by atoms with E-state index in [9.17, 15) is 9.59 Å². The highest BCUT2D eigenvalue weighted by Gasteiger charge is 2.29. The number of Topliss-reactive ketones (excluding diaryl/α,β-unsaturated/α-hetero) is 1. The van der Waals surface area contributed by atoms with Crippen LogP contribution < -0.4 is 0 Å². The summed E-state index contributed by atoms with van der Waals surface area (Å²) in [6, 6.07) is 9.25. The van der Waals surface area contributed by atoms with Gasteiger partial charge in [-0.25, -0.2) is 9.78 Å². The Morgan fingerprint density at radius 2 is 1.97 bits per heavy atom. The van der Waals surface area contributed by atoms with Gasteiger partial charge in [0.25, 0.3) is 5.71 Å². The maximum Gasteiger partial charge on any atom is 0.339 e. The molecule has 0 amide bonds. The molecule has 4 rings (SSSR count). The van der Waals surface area contributed by atoms with Gasteiger partial charge in [0.2, 0.25) is 0 Å². The SMILES string of the molecule is CCCCc1ccc(C(=O)COC(=O)c2cc(C3CC3)nc3onc(C)c23)cc1. The molecule has 1 aromatic carbocycles. The number of esters is 1. The first-order chi connectivity index (χ1) is 14.1. The number of aromatic nitrogens is 2. The van der Waals surface area contributed by atoms with Gasteiger partial charge < -0.3 is 9.26 Å². The molecule has 0 saturated heterocycles. The molecule has 29 heavy (non-hydrogen) atoms. The van der Waals surface area contributed by atoms with Gasteiger partial charge in [0.1, 0.15) is 0 Å². The number of nitrogens with zero attached hydrogens (tertiary/aromatic N) is 2. The summed E-state index contributed by atoms with van der Waals surface area (Å²) in [5.74, 6) is -0.433. The summed E-state index contributed by atoms with van der Waals surface area (Å²) < 4.78 is 10.6. The van der Waals surface area contributed by atoms with Gasteiger partial charge in [0.15, 0.2) is 12.4 Å². The Morgan fingerprint density at radius 3 is 2.66 bits per heavy atom. The Labute approximate surface area is 169 Å². The van der Waals surface area contributed by atoms with Gasteiger partial charge in [0, 0.05) is 17.2 Å². The fourth-order valence-electron chi connectivity index (χ4n) is 3.39. The maximum absolute atomic E-state index is 12.7. The van der Waals surface area contributed by atoms with Crippen LogP contribution >= 0.6 is 0 Å². The lowest BCUT2D eigenvalue weighted by molar-refractivity contribution is 0.0476. The van der Waals surface area contributed by atoms with Crippen molar-refractivity contribution in [1.82, 2.24) is 10.1 Å². The van der Waals surface area contributed by atoms with Gasteiger partial charge in [-0.1, -0.05) is 42.8 Å². The third-order valence-corrected chi connectivity index (χ3v) is 5.28. The van der Waals surface area contributed by atoms with E-state index < -0.39 is 5.97 Å². The number of ether oxygens (including phenoxy) is 1. The number of rotatable bonds is 8. The lowest BCUT2D eigenvalue weighted by Gasteiger charge is -2.07. The van der Waals surface area contributed by atoms with Crippen molar-refractivity contribution >= 4 is 22.9 Å². The van der Waals surface area contributed by atoms with Crippen molar-refractivity contribution in [3.05, 3.63) is 58.4 Å². The van der Waals surface area contributed by atoms with Crippen molar-refractivity contribution in [3.63, 3.8) is 0 Å². The van der Waals surface area contributed by atoms with E-state index in [2.05, 4.69) is 17.1 Å². The van der Waals surface area contributed by atoms with Crippen LogP contribution in [0, 0.1) is 6.92 Å². The van der Waals surface area contributed by atoms with Crippen LogP contribution in [0.15, 0.2) is 34.9 Å². The van der Waals surface area contributed by atoms with E-state index in [1.165, 1.54) is 5.56 Å². The number of hydrogen-bond acceptors (Lipinski definition) is 6. The molecule has 1 fully saturated rings. The fourth-order valence-corrected chi connectivity index (χ4v) is 3.39. The predicted octanol–water partition coefficient (Wildman–Crippen LogP) is 4.79. The molecule has 0 bridgehead atoms. The Bertz CT molecular complexity index is 1050. The second-order valence-corrected chi connectivity index (χ2v) is 7.62. The Hall–Kier alpha value is -3.02. The minimum absolute atomic E-state index is 0.227. The molecule has 6 heteroatoms. The summed E-state index contributed by atoms with van der Waals surface area (Å²) in [6.07, 6.45) is 5.35. The first-order valence-corrected chi connectivity index (χ1v) is 10.1. The molecule has 3 aromatic rings. The van der Waals surface area contributed by atoms with Gasteiger partial charge in [-0.3, -0.25) is 4.79 Å². The van der Waals surface area contributed by atoms with E-state index in [-0.39, 0.29) is 12.4 Å². The average molecular weight is 392 g/mol. The number of benzene rings is 1. The normalized spacial score (nSPS) is 13.6. The summed E-state index contributed by atoms with van der Waals surface area (Å²) in [4.78, 5) is 29.7. The van der Waals surface area contributed by atoms with Crippen LogP contribution in [0.3, 0.4) is 0 Å². The minimum atomic E-state index is -0.557. The van der Waals surface area contributed by atoms with Crippen LogP contribution in [-0.4, -0.2) is 28.5 Å². The maximum atomic E-state index is 12.7. The molecule has 6 nitrogen and oxygen atoms in total. The van der Waals surface area contributed by atoms with E-state index in [1.54, 1.807) is 25.1 Å². The summed E-state index contributed by atoms with van der Waals surface area (Å²) in [6.45, 7) is 3.60. The molecule has 0 atom stereocenters. The van der Waals surface area contributed by atoms with Crippen molar-refractivity contribution in [1.29, 1.82) is 0 Å². The Kier molecular flexibility index (Phi) is 5.43. The molecule has 0 spiro atoms. The predicted molar refractivity (Wildman–Crippen MR) is 108 cm³/mol. The highest BCUT2D eigenvalue weighted by atomic mass is 16.5. The van der Waals surface area contributed by atoms with Crippen molar-refractivity contribution < 1.29 is 18.8 Å². The van der Waals surface area contributed by atoms with E-state index in [4.69, 9.17) is 9.26 Å². The van der Waals surface area contributed by atoms with E-state index in [0.717, 1.165) is 37.8 Å². The highest BCUT2D eigenvalue weighted by Crippen LogP contribution is 2.40. The lowest BCUT2D eigenvalue weighted by Crippen LogP contribution is -2.15. The lowest BCUT2D eigenvalue weighted by atomic mass is 10.0. The monoisotopic (exact) mass is 392 g/mol. The van der Waals surface area contributed by atoms with Crippen LogP contribution in [0.1, 0.15) is 76.2 Å². The van der Waals surface area contributed by atoms with Gasteiger partial charge in [-0.05, 0) is 44.2 Å². The van der Waals surface area contributed by atoms with Gasteiger partial charge in [-0.2, -0.15) is 0 Å². The molecule has 2 heterocycles. The van der Waals surface area contributed by atoms with Crippen LogP contribution in [0.25, 0.3) is 11.1 Å². The number of carbonyl (C=O) groups excluding carboxylic acids is 2. The molecule has 1 saturated carbocycles. The second-order valence-electron chi connectivity index (χ2n) is 7.62. The number of hydrogen-bond donors (Lipinski definition) is 0. The number of unbranched alkanes of at least 4 members (excludes halogenated alkanes) is 1. The molecule has 0 unspecified atom stereocenters. The number of carbonyl (C=O) groups is 2. The van der Waals surface area contributed by atoms with E-state index in [1.807, 2.05) is 12.1 Å². The van der Waals surface area contributed by atoms with Crippen LogP contribution in [0.4, 0.5) is 0 Å². The molecule has 1 aliphatic carbocycles. The highest BCUT2D eigenvalue weighted by molar-refractivity contribution is 6.05. The number of fused-ring (bicyclic) bond motifs is 1. The van der Waals surface area contributed by atoms with Gasteiger partial charge >= 0.3 is 5.97 Å². The Balaban J connectivity index is 1.47. The summed E-state index contributed by atoms with van der Waals surface area (Å²) in [5.41, 5.74) is 3.84. The largest absolute Gasteiger partial charge is 0.454 e. The zero-order valence-corrected chi connectivity index (χ0v) is 16.7. The van der Waals surface area contributed by atoms with E-state index in [0.29, 0.717) is 33.8 Å². The number of pyridine rings is 1.